The van der Waals surface area contributed by atoms with Crippen LogP contribution >= 0.6 is 0 Å². The highest BCUT2D eigenvalue weighted by Gasteiger charge is 2.24. The molecular weight excluding hydrogens is 853 g/mol. The first-order valence-corrected chi connectivity index (χ1v) is 28.8. The number of ether oxygens (including phenoxy) is 2. The van der Waals surface area contributed by atoms with Crippen molar-refractivity contribution in [2.24, 2.45) is 0 Å². The molecular formula is C58H100N2O8. The lowest BCUT2D eigenvalue weighted by molar-refractivity contribution is -0.189. The van der Waals surface area contributed by atoms with Gasteiger partial charge in [0.1, 0.15) is 0 Å². The van der Waals surface area contributed by atoms with Crippen molar-refractivity contribution in [1.82, 2.24) is 9.80 Å². The van der Waals surface area contributed by atoms with E-state index in [2.05, 4.69) is 6.92 Å². The lowest BCUT2D eigenvalue weighted by atomic mass is 10.0. The van der Waals surface area contributed by atoms with Crippen LogP contribution in [0.3, 0.4) is 0 Å². The van der Waals surface area contributed by atoms with Gasteiger partial charge in [-0.15, -0.1) is 0 Å². The predicted octanol–water partition coefficient (Wildman–Crippen LogP) is 15.4. The van der Waals surface area contributed by atoms with Crippen molar-refractivity contribution in [3.63, 3.8) is 0 Å². The zero-order valence-corrected chi connectivity index (χ0v) is 43.6. The number of esters is 2. The third-order valence-electron chi connectivity index (χ3n) is 13.9. The van der Waals surface area contributed by atoms with Crippen LogP contribution in [0.5, 0.6) is 0 Å². The minimum Gasteiger partial charge on any atom is -0.425 e. The van der Waals surface area contributed by atoms with Crippen LogP contribution in [0.15, 0.2) is 24.3 Å². The van der Waals surface area contributed by atoms with Gasteiger partial charge in [0, 0.05) is 56.7 Å². The Morgan fingerprint density at radius 1 is 0.338 bits per heavy atom. The molecule has 0 aromatic rings. The van der Waals surface area contributed by atoms with Crippen molar-refractivity contribution in [3.05, 3.63) is 24.3 Å². The number of carbonyl (C=O) groups is 6. The van der Waals surface area contributed by atoms with E-state index in [1.807, 2.05) is 0 Å². The maximum atomic E-state index is 12.7. The SMILES string of the molecule is CCCCCCCCCCCCCCCCCCCCCCCCCCCCCCCCCCCCCC(OC(=O)CCCCCN1C(=O)C=CC1=O)OC(=O)CCCCCN1C(=O)C=CC1=O. The third kappa shape index (κ3) is 34.1. The van der Waals surface area contributed by atoms with Crippen molar-refractivity contribution in [3.8, 4) is 0 Å². The predicted molar refractivity (Wildman–Crippen MR) is 277 cm³/mol. The van der Waals surface area contributed by atoms with Crippen molar-refractivity contribution in [2.45, 2.75) is 296 Å². The summed E-state index contributed by atoms with van der Waals surface area (Å²) in [7, 11) is 0. The highest BCUT2D eigenvalue weighted by molar-refractivity contribution is 6.13. The van der Waals surface area contributed by atoms with Crippen LogP contribution in [0, 0.1) is 0 Å². The van der Waals surface area contributed by atoms with Crippen molar-refractivity contribution < 1.29 is 38.2 Å². The second kappa shape index (κ2) is 43.7. The Balaban J connectivity index is 1.38. The van der Waals surface area contributed by atoms with Gasteiger partial charge < -0.3 is 9.47 Å². The van der Waals surface area contributed by atoms with E-state index in [1.165, 1.54) is 240 Å². The molecule has 2 rings (SSSR count). The molecule has 0 N–H and O–H groups in total. The van der Waals surface area contributed by atoms with E-state index >= 15 is 0 Å². The average Bonchev–Trinajstić information content (AvgIpc) is 3.83. The molecule has 0 aromatic carbocycles. The number of amides is 4. The number of rotatable bonds is 50. The zero-order chi connectivity index (χ0) is 49.0. The van der Waals surface area contributed by atoms with Crippen molar-refractivity contribution in [2.75, 3.05) is 13.1 Å². The van der Waals surface area contributed by atoms with Gasteiger partial charge >= 0.3 is 11.9 Å². The first-order valence-electron chi connectivity index (χ1n) is 28.8. The molecule has 0 saturated heterocycles. The Morgan fingerprint density at radius 2 is 0.559 bits per heavy atom. The molecule has 0 spiro atoms. The van der Waals surface area contributed by atoms with Gasteiger partial charge in [-0.3, -0.25) is 38.6 Å². The summed E-state index contributed by atoms with van der Waals surface area (Å²) in [6, 6.07) is 0. The number of unbranched alkanes of at least 4 members (excludes halogenated alkanes) is 38. The third-order valence-corrected chi connectivity index (χ3v) is 13.9. The molecule has 0 unspecified atom stereocenters. The van der Waals surface area contributed by atoms with Gasteiger partial charge in [0.25, 0.3) is 23.6 Å². The van der Waals surface area contributed by atoms with Crippen LogP contribution in [0.1, 0.15) is 289 Å². The maximum absolute atomic E-state index is 12.7. The fourth-order valence-electron chi connectivity index (χ4n) is 9.51. The number of nitrogens with zero attached hydrogens (tertiary/aromatic N) is 2. The summed E-state index contributed by atoms with van der Waals surface area (Å²) in [5.41, 5.74) is 0. The molecule has 2 heterocycles. The quantitative estimate of drug-likeness (QED) is 0.0255. The Labute approximate surface area is 415 Å². The average molecular weight is 953 g/mol. The molecule has 68 heavy (non-hydrogen) atoms. The molecule has 0 radical (unpaired) electrons. The van der Waals surface area contributed by atoms with Gasteiger partial charge in [-0.2, -0.15) is 0 Å². The summed E-state index contributed by atoms with van der Waals surface area (Å²) < 4.78 is 11.3. The smallest absolute Gasteiger partial charge is 0.308 e. The van der Waals surface area contributed by atoms with E-state index in [0.29, 0.717) is 58.0 Å². The highest BCUT2D eigenvalue weighted by Crippen LogP contribution is 2.19. The van der Waals surface area contributed by atoms with Crippen LogP contribution < -0.4 is 0 Å². The topological polar surface area (TPSA) is 127 Å². The van der Waals surface area contributed by atoms with Crippen LogP contribution in [0.4, 0.5) is 0 Å². The first-order chi connectivity index (χ1) is 33.3. The standard InChI is InChI=1S/C58H100N2O8/c1-2-3-4-5-6-7-8-9-10-11-12-13-14-15-16-17-18-19-20-21-22-23-24-25-26-27-28-29-30-31-32-33-34-35-40-45-58(67-56(65)43-38-36-41-50-59-52(61)46-47-53(59)62)68-57(66)44-39-37-42-51-60-54(63)48-49-55(60)64/h46-49,58H,2-45,50-51H2,1H3. The fourth-order valence-corrected chi connectivity index (χ4v) is 9.51. The molecule has 0 aromatic heterocycles. The summed E-state index contributed by atoms with van der Waals surface area (Å²) in [5, 5.41) is 0. The number of hydrogen-bond acceptors (Lipinski definition) is 8. The number of hydrogen-bond donors (Lipinski definition) is 0. The summed E-state index contributed by atoms with van der Waals surface area (Å²) in [4.78, 5) is 74.8. The minimum atomic E-state index is -0.931. The molecule has 0 aliphatic carbocycles. The van der Waals surface area contributed by atoms with E-state index in [-0.39, 0.29) is 36.5 Å². The molecule has 4 amide bonds. The second-order valence-electron chi connectivity index (χ2n) is 20.2. The molecule has 0 atom stereocenters. The Morgan fingerprint density at radius 3 is 0.809 bits per heavy atom. The highest BCUT2D eigenvalue weighted by atomic mass is 16.7. The van der Waals surface area contributed by atoms with Gasteiger partial charge in [-0.1, -0.05) is 238 Å². The van der Waals surface area contributed by atoms with Gasteiger partial charge in [-0.05, 0) is 32.1 Å². The molecule has 10 heteroatoms. The Hall–Kier alpha value is -3.30. The van der Waals surface area contributed by atoms with Crippen molar-refractivity contribution in [1.29, 1.82) is 0 Å². The Kier molecular flexibility index (Phi) is 39.1. The van der Waals surface area contributed by atoms with Crippen LogP contribution in [0.25, 0.3) is 0 Å². The summed E-state index contributed by atoms with van der Waals surface area (Å²) in [5.74, 6) is -2.08. The van der Waals surface area contributed by atoms with Crippen LogP contribution in [-0.4, -0.2) is 64.7 Å². The van der Waals surface area contributed by atoms with Gasteiger partial charge in [0.15, 0.2) is 0 Å². The molecule has 2 aliphatic rings. The molecule has 10 nitrogen and oxygen atoms in total. The second-order valence-corrected chi connectivity index (χ2v) is 20.2. The normalized spacial score (nSPS) is 13.6. The monoisotopic (exact) mass is 953 g/mol. The summed E-state index contributed by atoms with van der Waals surface area (Å²) >= 11 is 0. The van der Waals surface area contributed by atoms with E-state index in [9.17, 15) is 28.8 Å². The number of carbonyl (C=O) groups excluding carboxylic acids is 6. The molecule has 0 saturated carbocycles. The largest absolute Gasteiger partial charge is 0.425 e. The maximum Gasteiger partial charge on any atom is 0.308 e. The molecule has 390 valence electrons. The van der Waals surface area contributed by atoms with E-state index in [1.54, 1.807) is 0 Å². The molecule has 0 fully saturated rings. The van der Waals surface area contributed by atoms with Crippen molar-refractivity contribution >= 4 is 35.6 Å². The van der Waals surface area contributed by atoms with Crippen LogP contribution in [-0.2, 0) is 38.2 Å². The lowest BCUT2D eigenvalue weighted by Gasteiger charge is -2.19. The lowest BCUT2D eigenvalue weighted by Crippen LogP contribution is -2.30. The van der Waals surface area contributed by atoms with E-state index in [4.69, 9.17) is 9.47 Å². The molecule has 0 bridgehead atoms. The fraction of sp³-hybridized carbons (Fsp3) is 0.828. The van der Waals surface area contributed by atoms with Gasteiger partial charge in [0.2, 0.25) is 6.29 Å². The van der Waals surface area contributed by atoms with Crippen LogP contribution in [0.2, 0.25) is 0 Å². The van der Waals surface area contributed by atoms with Gasteiger partial charge in [-0.25, -0.2) is 0 Å². The summed E-state index contributed by atoms with van der Waals surface area (Å²) in [6.07, 6.45) is 56.4. The van der Waals surface area contributed by atoms with E-state index in [0.717, 1.165) is 19.3 Å². The Bertz CT molecular complexity index is 1290. The van der Waals surface area contributed by atoms with E-state index < -0.39 is 18.2 Å². The molecule has 2 aliphatic heterocycles. The number of imide groups is 2. The first kappa shape index (κ1) is 60.8. The zero-order valence-electron chi connectivity index (χ0n) is 43.6. The minimum absolute atomic E-state index is 0.163. The summed E-state index contributed by atoms with van der Waals surface area (Å²) in [6.45, 7) is 2.94. The van der Waals surface area contributed by atoms with Gasteiger partial charge in [0.05, 0.1) is 0 Å².